The predicted octanol–water partition coefficient (Wildman–Crippen LogP) is 0.189. The van der Waals surface area contributed by atoms with Gasteiger partial charge in [-0.3, -0.25) is 0 Å². The molecule has 1 saturated heterocycles. The lowest BCUT2D eigenvalue weighted by Crippen LogP contribution is -2.37. The van der Waals surface area contributed by atoms with Crippen LogP contribution in [0.1, 0.15) is 0 Å². The van der Waals surface area contributed by atoms with Crippen molar-refractivity contribution in [1.29, 1.82) is 0 Å². The summed E-state index contributed by atoms with van der Waals surface area (Å²) in [5.41, 5.74) is 1.58. The van der Waals surface area contributed by atoms with Gasteiger partial charge in [0.2, 0.25) is 5.95 Å². The monoisotopic (exact) mass is 205 g/mol. The number of aromatic nitrogens is 4. The largest absolute Gasteiger partial charge is 0.378 e. The Kier molecular flexibility index (Phi) is 1.99. The number of hydrogen-bond donors (Lipinski definition) is 1. The van der Waals surface area contributed by atoms with E-state index >= 15 is 0 Å². The highest BCUT2D eigenvalue weighted by Gasteiger charge is 2.14. The van der Waals surface area contributed by atoms with Crippen LogP contribution in [-0.4, -0.2) is 46.2 Å². The number of rotatable bonds is 1. The Morgan fingerprint density at radius 2 is 2.13 bits per heavy atom. The lowest BCUT2D eigenvalue weighted by Gasteiger charge is -2.26. The van der Waals surface area contributed by atoms with Crippen LogP contribution in [-0.2, 0) is 4.74 Å². The molecular weight excluding hydrogens is 194 g/mol. The molecule has 1 N–H and O–H groups in total. The van der Waals surface area contributed by atoms with E-state index in [2.05, 4.69) is 24.8 Å². The van der Waals surface area contributed by atoms with Gasteiger partial charge in [0, 0.05) is 13.1 Å². The van der Waals surface area contributed by atoms with Gasteiger partial charge >= 0.3 is 0 Å². The maximum Gasteiger partial charge on any atom is 0.227 e. The van der Waals surface area contributed by atoms with Gasteiger partial charge in [0.15, 0.2) is 5.65 Å². The van der Waals surface area contributed by atoms with Crippen LogP contribution >= 0.6 is 0 Å². The van der Waals surface area contributed by atoms with Crippen molar-refractivity contribution in [1.82, 2.24) is 19.9 Å². The highest BCUT2D eigenvalue weighted by molar-refractivity contribution is 5.69. The maximum atomic E-state index is 5.28. The molecule has 15 heavy (non-hydrogen) atoms. The van der Waals surface area contributed by atoms with Crippen LogP contribution in [0.5, 0.6) is 0 Å². The minimum atomic E-state index is 0.740. The van der Waals surface area contributed by atoms with Gasteiger partial charge < -0.3 is 14.6 Å². The van der Waals surface area contributed by atoms with E-state index in [1.165, 1.54) is 0 Å². The number of nitrogens with one attached hydrogen (secondary N) is 1. The summed E-state index contributed by atoms with van der Waals surface area (Å²) >= 11 is 0. The number of imidazole rings is 1. The molecule has 0 atom stereocenters. The molecule has 2 aromatic rings. The van der Waals surface area contributed by atoms with E-state index in [1.807, 2.05) is 0 Å². The van der Waals surface area contributed by atoms with Crippen molar-refractivity contribution >= 4 is 17.1 Å². The summed E-state index contributed by atoms with van der Waals surface area (Å²) in [6.45, 7) is 3.17. The van der Waals surface area contributed by atoms with Crippen LogP contribution in [0.25, 0.3) is 11.2 Å². The van der Waals surface area contributed by atoms with Gasteiger partial charge in [0.1, 0.15) is 5.52 Å². The van der Waals surface area contributed by atoms with Crippen molar-refractivity contribution in [3.8, 4) is 0 Å². The summed E-state index contributed by atoms with van der Waals surface area (Å²) in [4.78, 5) is 17.9. The van der Waals surface area contributed by atoms with E-state index in [0.717, 1.165) is 43.4 Å². The minimum absolute atomic E-state index is 0.740. The molecule has 1 aliphatic rings. The van der Waals surface area contributed by atoms with E-state index in [4.69, 9.17) is 4.74 Å². The second-order valence-corrected chi connectivity index (χ2v) is 3.41. The first kappa shape index (κ1) is 8.60. The SMILES string of the molecule is c1nc2cnc(N3CCOCC3)nc2[nH]1. The molecule has 0 spiro atoms. The van der Waals surface area contributed by atoms with Gasteiger partial charge in [0.05, 0.1) is 25.7 Å². The summed E-state index contributed by atoms with van der Waals surface area (Å²) in [5, 5.41) is 0. The molecule has 78 valence electrons. The summed E-state index contributed by atoms with van der Waals surface area (Å²) < 4.78 is 5.28. The van der Waals surface area contributed by atoms with E-state index in [0.29, 0.717) is 0 Å². The lowest BCUT2D eigenvalue weighted by atomic mass is 10.4. The summed E-state index contributed by atoms with van der Waals surface area (Å²) in [6, 6.07) is 0. The molecule has 1 aliphatic heterocycles. The molecule has 0 amide bonds. The Morgan fingerprint density at radius 3 is 3.00 bits per heavy atom. The highest BCUT2D eigenvalue weighted by Crippen LogP contribution is 2.12. The molecule has 1 fully saturated rings. The molecule has 0 radical (unpaired) electrons. The first-order chi connectivity index (χ1) is 7.43. The molecule has 0 saturated carbocycles. The first-order valence-electron chi connectivity index (χ1n) is 4.92. The van der Waals surface area contributed by atoms with E-state index < -0.39 is 0 Å². The van der Waals surface area contributed by atoms with Crippen molar-refractivity contribution in [3.63, 3.8) is 0 Å². The van der Waals surface area contributed by atoms with Crippen molar-refractivity contribution in [2.24, 2.45) is 0 Å². The second-order valence-electron chi connectivity index (χ2n) is 3.41. The molecule has 0 bridgehead atoms. The molecule has 0 aliphatic carbocycles. The summed E-state index contributed by atoms with van der Waals surface area (Å²) in [6.07, 6.45) is 3.37. The number of nitrogens with zero attached hydrogens (tertiary/aromatic N) is 4. The van der Waals surface area contributed by atoms with E-state index in [9.17, 15) is 0 Å². The zero-order chi connectivity index (χ0) is 10.1. The smallest absolute Gasteiger partial charge is 0.227 e. The van der Waals surface area contributed by atoms with Gasteiger partial charge in [-0.2, -0.15) is 4.98 Å². The topological polar surface area (TPSA) is 66.9 Å². The van der Waals surface area contributed by atoms with E-state index in [-0.39, 0.29) is 0 Å². The second kappa shape index (κ2) is 3.47. The van der Waals surface area contributed by atoms with Gasteiger partial charge in [0.25, 0.3) is 0 Å². The van der Waals surface area contributed by atoms with Crippen molar-refractivity contribution in [2.75, 3.05) is 31.2 Å². The van der Waals surface area contributed by atoms with Crippen molar-refractivity contribution < 1.29 is 4.74 Å². The molecule has 0 unspecified atom stereocenters. The maximum absolute atomic E-state index is 5.28. The van der Waals surface area contributed by atoms with Crippen LogP contribution in [0.4, 0.5) is 5.95 Å². The Labute approximate surface area is 86.3 Å². The standard InChI is InChI=1S/C9H11N5O/c1-3-15-4-2-14(1)9-10-5-7-8(13-9)12-6-11-7/h5-6H,1-4H2,(H,10,11,12,13). The fourth-order valence-corrected chi connectivity index (χ4v) is 1.65. The molecular formula is C9H11N5O. The number of H-pyrrole nitrogens is 1. The number of anilines is 1. The fourth-order valence-electron chi connectivity index (χ4n) is 1.65. The average molecular weight is 205 g/mol. The lowest BCUT2D eigenvalue weighted by molar-refractivity contribution is 0.122. The third-order valence-electron chi connectivity index (χ3n) is 2.46. The van der Waals surface area contributed by atoms with Gasteiger partial charge in [-0.25, -0.2) is 9.97 Å². The molecule has 2 aromatic heterocycles. The van der Waals surface area contributed by atoms with Crippen LogP contribution < -0.4 is 4.90 Å². The third-order valence-corrected chi connectivity index (χ3v) is 2.46. The van der Waals surface area contributed by atoms with Crippen LogP contribution in [0.3, 0.4) is 0 Å². The zero-order valence-electron chi connectivity index (χ0n) is 8.18. The molecule has 3 rings (SSSR count). The number of hydrogen-bond acceptors (Lipinski definition) is 5. The fraction of sp³-hybridized carbons (Fsp3) is 0.444. The quantitative estimate of drug-likeness (QED) is 0.719. The van der Waals surface area contributed by atoms with Gasteiger partial charge in [-0.15, -0.1) is 0 Å². The van der Waals surface area contributed by atoms with Crippen LogP contribution in [0.2, 0.25) is 0 Å². The Hall–Kier alpha value is -1.69. The van der Waals surface area contributed by atoms with Crippen molar-refractivity contribution in [3.05, 3.63) is 12.5 Å². The average Bonchev–Trinajstić information content (AvgIpc) is 2.77. The molecule has 0 aromatic carbocycles. The normalized spacial score (nSPS) is 17.2. The number of fused-ring (bicyclic) bond motifs is 1. The number of morpholine rings is 1. The summed E-state index contributed by atoms with van der Waals surface area (Å²) in [7, 11) is 0. The molecule has 6 heteroatoms. The Balaban J connectivity index is 1.95. The van der Waals surface area contributed by atoms with Gasteiger partial charge in [-0.05, 0) is 0 Å². The minimum Gasteiger partial charge on any atom is -0.378 e. The Bertz CT molecular complexity index is 462. The third kappa shape index (κ3) is 1.52. The molecule has 3 heterocycles. The van der Waals surface area contributed by atoms with Crippen LogP contribution in [0.15, 0.2) is 12.5 Å². The number of aromatic amines is 1. The predicted molar refractivity (Wildman–Crippen MR) is 54.7 cm³/mol. The number of ether oxygens (including phenoxy) is 1. The van der Waals surface area contributed by atoms with Crippen molar-refractivity contribution in [2.45, 2.75) is 0 Å². The Morgan fingerprint density at radius 1 is 1.27 bits per heavy atom. The summed E-state index contributed by atoms with van der Waals surface area (Å²) in [5.74, 6) is 0.745. The molecule has 6 nitrogen and oxygen atoms in total. The van der Waals surface area contributed by atoms with Gasteiger partial charge in [-0.1, -0.05) is 0 Å². The zero-order valence-corrected chi connectivity index (χ0v) is 8.18. The first-order valence-corrected chi connectivity index (χ1v) is 4.92. The van der Waals surface area contributed by atoms with E-state index in [1.54, 1.807) is 12.5 Å². The van der Waals surface area contributed by atoms with Crippen LogP contribution in [0, 0.1) is 0 Å². The highest BCUT2D eigenvalue weighted by atomic mass is 16.5.